The first kappa shape index (κ1) is 21.2. The molecule has 1 aliphatic rings. The minimum absolute atomic E-state index is 0.0674. The topological polar surface area (TPSA) is 82.2 Å². The van der Waals surface area contributed by atoms with Crippen LogP contribution in [0, 0.1) is 11.2 Å². The third-order valence-electron chi connectivity index (χ3n) is 5.16. The Bertz CT molecular complexity index is 1230. The van der Waals surface area contributed by atoms with Gasteiger partial charge in [0.25, 0.3) is 0 Å². The van der Waals surface area contributed by atoms with Crippen molar-refractivity contribution < 1.29 is 18.6 Å². The van der Waals surface area contributed by atoms with Crippen LogP contribution in [-0.2, 0) is 9.47 Å². The molecule has 5 rings (SSSR count). The molecule has 1 fully saturated rings. The van der Waals surface area contributed by atoms with Crippen molar-refractivity contribution in [3.05, 3.63) is 78.5 Å². The Balaban J connectivity index is 1.52. The molecule has 0 atom stereocenters. The lowest BCUT2D eigenvalue weighted by atomic mass is 9.96. The maximum atomic E-state index is 13.5. The standard InChI is InChI=1S/C25H23FN4O3/c1-25(2)14-31-23(32-15-25)22-29-20(16-8-10-17(26)11-9-16)21(30-22)19-12-13-27-24(28-19)33-18-6-4-3-5-7-18/h3-13,23H,14-15H2,1-2H3,(H,29,30). The van der Waals surface area contributed by atoms with Gasteiger partial charge in [-0.15, -0.1) is 0 Å². The second-order valence-corrected chi connectivity index (χ2v) is 8.61. The van der Waals surface area contributed by atoms with Gasteiger partial charge in [0.1, 0.15) is 11.6 Å². The molecule has 0 saturated carbocycles. The van der Waals surface area contributed by atoms with Crippen LogP contribution in [0.25, 0.3) is 22.6 Å². The van der Waals surface area contributed by atoms with Crippen LogP contribution in [0.3, 0.4) is 0 Å². The number of hydrogen-bond donors (Lipinski definition) is 1. The first-order valence-corrected chi connectivity index (χ1v) is 10.6. The smallest absolute Gasteiger partial charge is 0.322 e. The SMILES string of the molecule is CC1(C)COC(c2nc(-c3ccc(F)cc3)c(-c3ccnc(Oc4ccccc4)n3)[nH]2)OC1. The molecule has 168 valence electrons. The van der Waals surface area contributed by atoms with E-state index >= 15 is 0 Å². The molecule has 0 radical (unpaired) electrons. The van der Waals surface area contributed by atoms with Crippen molar-refractivity contribution in [2.45, 2.75) is 20.1 Å². The quantitative estimate of drug-likeness (QED) is 0.434. The molecule has 2 aromatic heterocycles. The van der Waals surface area contributed by atoms with Crippen molar-refractivity contribution in [2.75, 3.05) is 13.2 Å². The first-order chi connectivity index (χ1) is 16.0. The highest BCUT2D eigenvalue weighted by Crippen LogP contribution is 2.35. The van der Waals surface area contributed by atoms with Crippen LogP contribution in [0.4, 0.5) is 4.39 Å². The van der Waals surface area contributed by atoms with Gasteiger partial charge >= 0.3 is 6.01 Å². The summed E-state index contributed by atoms with van der Waals surface area (Å²) in [6.45, 7) is 5.25. The third kappa shape index (κ3) is 4.76. The first-order valence-electron chi connectivity index (χ1n) is 10.6. The Morgan fingerprint density at radius 1 is 0.970 bits per heavy atom. The van der Waals surface area contributed by atoms with Gasteiger partial charge in [-0.2, -0.15) is 4.98 Å². The zero-order valence-electron chi connectivity index (χ0n) is 18.3. The molecule has 0 amide bonds. The molecule has 8 heteroatoms. The van der Waals surface area contributed by atoms with Crippen molar-refractivity contribution in [3.63, 3.8) is 0 Å². The highest BCUT2D eigenvalue weighted by Gasteiger charge is 2.32. The van der Waals surface area contributed by atoms with E-state index in [1.54, 1.807) is 24.4 Å². The summed E-state index contributed by atoms with van der Waals surface area (Å²) < 4.78 is 31.2. The number of benzene rings is 2. The molecule has 4 aromatic rings. The summed E-state index contributed by atoms with van der Waals surface area (Å²) in [5, 5.41) is 0. The number of imidazole rings is 1. The molecule has 0 spiro atoms. The third-order valence-corrected chi connectivity index (χ3v) is 5.16. The number of halogens is 1. The number of ether oxygens (including phenoxy) is 3. The number of nitrogens with zero attached hydrogens (tertiary/aromatic N) is 3. The lowest BCUT2D eigenvalue weighted by Crippen LogP contribution is -2.34. The van der Waals surface area contributed by atoms with E-state index in [-0.39, 0.29) is 17.2 Å². The van der Waals surface area contributed by atoms with E-state index in [1.165, 1.54) is 12.1 Å². The predicted octanol–water partition coefficient (Wildman–Crippen LogP) is 5.54. The van der Waals surface area contributed by atoms with Crippen molar-refractivity contribution in [1.29, 1.82) is 0 Å². The predicted molar refractivity (Wildman–Crippen MR) is 120 cm³/mol. The summed E-state index contributed by atoms with van der Waals surface area (Å²) in [6, 6.07) is 17.4. The van der Waals surface area contributed by atoms with Gasteiger partial charge in [-0.1, -0.05) is 32.0 Å². The second-order valence-electron chi connectivity index (χ2n) is 8.61. The minimum Gasteiger partial charge on any atom is -0.424 e. The van der Waals surface area contributed by atoms with Gasteiger partial charge < -0.3 is 19.2 Å². The number of nitrogens with one attached hydrogen (secondary N) is 1. The fourth-order valence-corrected chi connectivity index (χ4v) is 3.48. The summed E-state index contributed by atoms with van der Waals surface area (Å²) in [6.07, 6.45) is 0.985. The van der Waals surface area contributed by atoms with Crippen LogP contribution in [0.1, 0.15) is 26.0 Å². The number of rotatable bonds is 5. The Labute approximate surface area is 190 Å². The minimum atomic E-state index is -0.632. The fourth-order valence-electron chi connectivity index (χ4n) is 3.48. The molecule has 7 nitrogen and oxygen atoms in total. The summed E-state index contributed by atoms with van der Waals surface area (Å²) in [7, 11) is 0. The van der Waals surface area contributed by atoms with Gasteiger partial charge in [0.2, 0.25) is 6.29 Å². The molecule has 0 aliphatic carbocycles. The Morgan fingerprint density at radius 2 is 1.70 bits per heavy atom. The van der Waals surface area contributed by atoms with E-state index in [0.717, 1.165) is 5.56 Å². The number of aromatic nitrogens is 4. The highest BCUT2D eigenvalue weighted by atomic mass is 19.1. The number of hydrogen-bond acceptors (Lipinski definition) is 6. The van der Waals surface area contributed by atoms with Crippen LogP contribution >= 0.6 is 0 Å². The second kappa shape index (κ2) is 8.73. The molecule has 0 unspecified atom stereocenters. The van der Waals surface area contributed by atoms with Crippen molar-refractivity contribution in [2.24, 2.45) is 5.41 Å². The fraction of sp³-hybridized carbons (Fsp3) is 0.240. The molecule has 1 saturated heterocycles. The summed E-state index contributed by atoms with van der Waals surface area (Å²) >= 11 is 0. The lowest BCUT2D eigenvalue weighted by Gasteiger charge is -2.33. The zero-order chi connectivity index (χ0) is 22.8. The highest BCUT2D eigenvalue weighted by molar-refractivity contribution is 5.76. The maximum Gasteiger partial charge on any atom is 0.322 e. The average molecular weight is 446 g/mol. The molecule has 1 N–H and O–H groups in total. The van der Waals surface area contributed by atoms with E-state index in [9.17, 15) is 4.39 Å². The number of H-pyrrole nitrogens is 1. The Morgan fingerprint density at radius 3 is 2.42 bits per heavy atom. The van der Waals surface area contributed by atoms with E-state index in [4.69, 9.17) is 19.2 Å². The van der Waals surface area contributed by atoms with Gasteiger partial charge in [0.15, 0.2) is 5.82 Å². The summed E-state index contributed by atoms with van der Waals surface area (Å²) in [5.41, 5.74) is 2.47. The maximum absolute atomic E-state index is 13.5. The van der Waals surface area contributed by atoms with E-state index in [0.29, 0.717) is 41.9 Å². The van der Waals surface area contributed by atoms with Crippen LogP contribution < -0.4 is 4.74 Å². The van der Waals surface area contributed by atoms with Crippen LogP contribution in [0.15, 0.2) is 66.9 Å². The Hall–Kier alpha value is -3.62. The van der Waals surface area contributed by atoms with Gasteiger partial charge in [-0.05, 0) is 42.5 Å². The van der Waals surface area contributed by atoms with Gasteiger partial charge in [-0.3, -0.25) is 0 Å². The molecule has 1 aliphatic heterocycles. The van der Waals surface area contributed by atoms with Crippen LogP contribution in [0.2, 0.25) is 0 Å². The van der Waals surface area contributed by atoms with Gasteiger partial charge in [0.05, 0.1) is 30.3 Å². The van der Waals surface area contributed by atoms with Crippen LogP contribution in [-0.4, -0.2) is 33.1 Å². The monoisotopic (exact) mass is 446 g/mol. The molecule has 0 bridgehead atoms. The van der Waals surface area contributed by atoms with E-state index in [2.05, 4.69) is 28.8 Å². The molecular weight excluding hydrogens is 423 g/mol. The summed E-state index contributed by atoms with van der Waals surface area (Å²) in [5.74, 6) is 0.826. The largest absolute Gasteiger partial charge is 0.424 e. The van der Waals surface area contributed by atoms with Gasteiger partial charge in [0, 0.05) is 17.2 Å². The van der Waals surface area contributed by atoms with Crippen molar-refractivity contribution in [1.82, 2.24) is 19.9 Å². The number of aromatic amines is 1. The summed E-state index contributed by atoms with van der Waals surface area (Å²) in [4.78, 5) is 16.8. The molecule has 2 aromatic carbocycles. The normalized spacial score (nSPS) is 16.0. The van der Waals surface area contributed by atoms with E-state index < -0.39 is 6.29 Å². The van der Waals surface area contributed by atoms with Crippen molar-refractivity contribution in [3.8, 4) is 34.4 Å². The van der Waals surface area contributed by atoms with Crippen LogP contribution in [0.5, 0.6) is 11.8 Å². The molecule has 33 heavy (non-hydrogen) atoms. The lowest BCUT2D eigenvalue weighted by molar-refractivity contribution is -0.229. The Kier molecular flexibility index (Phi) is 5.62. The molecule has 3 heterocycles. The average Bonchev–Trinajstić information content (AvgIpc) is 3.26. The van der Waals surface area contributed by atoms with Crippen molar-refractivity contribution >= 4 is 0 Å². The van der Waals surface area contributed by atoms with Gasteiger partial charge in [-0.25, -0.2) is 14.4 Å². The number of para-hydroxylation sites is 1. The van der Waals surface area contributed by atoms with E-state index in [1.807, 2.05) is 30.3 Å². The molecular formula is C25H23FN4O3. The zero-order valence-corrected chi connectivity index (χ0v) is 18.3.